The van der Waals surface area contributed by atoms with Gasteiger partial charge in [-0.25, -0.2) is 4.39 Å². The van der Waals surface area contributed by atoms with Crippen molar-refractivity contribution in [2.24, 2.45) is 11.1 Å². The van der Waals surface area contributed by atoms with E-state index < -0.39 is 17.3 Å². The van der Waals surface area contributed by atoms with Crippen molar-refractivity contribution in [3.63, 3.8) is 0 Å². The minimum absolute atomic E-state index is 0.0571. The summed E-state index contributed by atoms with van der Waals surface area (Å²) < 4.78 is 13.2. The van der Waals surface area contributed by atoms with E-state index in [1.807, 2.05) is 13.8 Å². The minimum atomic E-state index is -0.488. The summed E-state index contributed by atoms with van der Waals surface area (Å²) >= 11 is 5.57. The molecule has 0 unspecified atom stereocenters. The number of aliphatic hydroxyl groups is 1. The van der Waals surface area contributed by atoms with Crippen molar-refractivity contribution in [3.8, 4) is 0 Å². The van der Waals surface area contributed by atoms with Gasteiger partial charge >= 0.3 is 0 Å². The molecule has 3 N–H and O–H groups in total. The molecule has 0 aliphatic carbocycles. The van der Waals surface area contributed by atoms with Crippen molar-refractivity contribution in [2.75, 3.05) is 6.61 Å². The number of benzene rings is 1. The number of rotatable bonds is 3. The summed E-state index contributed by atoms with van der Waals surface area (Å²) in [6, 6.07) is 4.03. The Morgan fingerprint density at radius 3 is 2.60 bits per heavy atom. The molecule has 0 saturated heterocycles. The zero-order valence-corrected chi connectivity index (χ0v) is 9.55. The fourth-order valence-electron chi connectivity index (χ4n) is 1.26. The lowest BCUT2D eigenvalue weighted by Gasteiger charge is -2.29. The maximum absolute atomic E-state index is 13.2. The Morgan fingerprint density at radius 2 is 2.13 bits per heavy atom. The highest BCUT2D eigenvalue weighted by atomic mass is 35.5. The van der Waals surface area contributed by atoms with Crippen LogP contribution >= 0.6 is 11.6 Å². The van der Waals surface area contributed by atoms with Gasteiger partial charge in [0.15, 0.2) is 0 Å². The lowest BCUT2D eigenvalue weighted by Crippen LogP contribution is -2.32. The largest absolute Gasteiger partial charge is 0.396 e. The molecule has 0 bridgehead atoms. The van der Waals surface area contributed by atoms with Crippen LogP contribution in [-0.2, 0) is 0 Å². The van der Waals surface area contributed by atoms with E-state index in [4.69, 9.17) is 22.4 Å². The smallest absolute Gasteiger partial charge is 0.142 e. The van der Waals surface area contributed by atoms with E-state index in [-0.39, 0.29) is 11.6 Å². The molecule has 0 radical (unpaired) electrons. The summed E-state index contributed by atoms with van der Waals surface area (Å²) in [5, 5.41) is 9.23. The molecule has 1 atom stereocenters. The number of halogens is 2. The van der Waals surface area contributed by atoms with Crippen molar-refractivity contribution in [1.29, 1.82) is 0 Å². The Kier molecular flexibility index (Phi) is 3.71. The molecule has 0 heterocycles. The topological polar surface area (TPSA) is 46.2 Å². The molecule has 0 amide bonds. The molecule has 0 spiro atoms. The summed E-state index contributed by atoms with van der Waals surface area (Å²) in [6.07, 6.45) is 0. The van der Waals surface area contributed by atoms with Crippen LogP contribution < -0.4 is 5.73 Å². The summed E-state index contributed by atoms with van der Waals surface area (Å²) in [5.41, 5.74) is 6.08. The lowest BCUT2D eigenvalue weighted by atomic mass is 9.82. The van der Waals surface area contributed by atoms with Crippen LogP contribution in [0.5, 0.6) is 0 Å². The first-order valence-electron chi connectivity index (χ1n) is 4.70. The van der Waals surface area contributed by atoms with Crippen molar-refractivity contribution >= 4 is 11.6 Å². The van der Waals surface area contributed by atoms with E-state index in [2.05, 4.69) is 0 Å². The molecule has 84 valence electrons. The first-order valence-corrected chi connectivity index (χ1v) is 5.07. The number of hydrogen-bond donors (Lipinski definition) is 2. The van der Waals surface area contributed by atoms with Crippen LogP contribution in [-0.4, -0.2) is 11.7 Å². The molecule has 2 nitrogen and oxygen atoms in total. The number of nitrogens with two attached hydrogens (primary N) is 1. The van der Waals surface area contributed by atoms with Gasteiger partial charge in [0.05, 0.1) is 5.02 Å². The maximum Gasteiger partial charge on any atom is 0.142 e. The zero-order chi connectivity index (χ0) is 11.6. The van der Waals surface area contributed by atoms with Crippen LogP contribution in [0.15, 0.2) is 18.2 Å². The Bertz CT molecular complexity index is 354. The third-order valence-electron chi connectivity index (χ3n) is 2.55. The SMILES string of the molecule is CC(C)(CO)[C@@H](N)c1ccc(Cl)c(F)c1. The molecule has 0 aliphatic heterocycles. The van der Waals surface area contributed by atoms with Gasteiger partial charge in [0.2, 0.25) is 0 Å². The molecule has 1 aromatic carbocycles. The number of hydrogen-bond acceptors (Lipinski definition) is 2. The van der Waals surface area contributed by atoms with E-state index in [0.29, 0.717) is 5.56 Å². The second-order valence-corrected chi connectivity index (χ2v) is 4.71. The predicted molar refractivity (Wildman–Crippen MR) is 59.2 cm³/mol. The highest BCUT2D eigenvalue weighted by Gasteiger charge is 2.27. The third-order valence-corrected chi connectivity index (χ3v) is 2.86. The highest BCUT2D eigenvalue weighted by molar-refractivity contribution is 6.30. The van der Waals surface area contributed by atoms with E-state index in [9.17, 15) is 4.39 Å². The molecule has 15 heavy (non-hydrogen) atoms. The fourth-order valence-corrected chi connectivity index (χ4v) is 1.37. The third kappa shape index (κ3) is 2.68. The Balaban J connectivity index is 3.02. The molecule has 0 aliphatic rings. The van der Waals surface area contributed by atoms with Gasteiger partial charge in [-0.3, -0.25) is 0 Å². The Morgan fingerprint density at radius 1 is 1.53 bits per heavy atom. The summed E-state index contributed by atoms with van der Waals surface area (Å²) in [5.74, 6) is -0.488. The average molecular weight is 232 g/mol. The van der Waals surface area contributed by atoms with Crippen LogP contribution in [0.4, 0.5) is 4.39 Å². The quantitative estimate of drug-likeness (QED) is 0.840. The van der Waals surface area contributed by atoms with E-state index in [1.54, 1.807) is 6.07 Å². The van der Waals surface area contributed by atoms with E-state index >= 15 is 0 Å². The van der Waals surface area contributed by atoms with Gasteiger partial charge in [0, 0.05) is 18.1 Å². The fraction of sp³-hybridized carbons (Fsp3) is 0.455. The Labute approximate surface area is 93.9 Å². The molecular weight excluding hydrogens is 217 g/mol. The van der Waals surface area contributed by atoms with E-state index in [0.717, 1.165) is 0 Å². The normalized spacial score (nSPS) is 14.0. The zero-order valence-electron chi connectivity index (χ0n) is 8.80. The lowest BCUT2D eigenvalue weighted by molar-refractivity contribution is 0.132. The molecule has 1 aromatic rings. The first kappa shape index (κ1) is 12.4. The van der Waals surface area contributed by atoms with Gasteiger partial charge in [0.1, 0.15) is 5.82 Å². The highest BCUT2D eigenvalue weighted by Crippen LogP contribution is 2.31. The molecular formula is C11H15ClFNO. The van der Waals surface area contributed by atoms with Gasteiger partial charge in [-0.15, -0.1) is 0 Å². The van der Waals surface area contributed by atoms with Gasteiger partial charge in [-0.1, -0.05) is 31.5 Å². The van der Waals surface area contributed by atoms with Crippen LogP contribution in [0.25, 0.3) is 0 Å². The molecule has 1 rings (SSSR count). The summed E-state index contributed by atoms with van der Waals surface area (Å²) in [7, 11) is 0. The number of aliphatic hydroxyl groups excluding tert-OH is 1. The van der Waals surface area contributed by atoms with E-state index in [1.165, 1.54) is 12.1 Å². The Hall–Kier alpha value is -0.640. The molecule has 0 aromatic heterocycles. The monoisotopic (exact) mass is 231 g/mol. The van der Waals surface area contributed by atoms with Crippen LogP contribution in [0.2, 0.25) is 5.02 Å². The maximum atomic E-state index is 13.2. The molecule has 0 fully saturated rings. The first-order chi connectivity index (χ1) is 6.88. The predicted octanol–water partition coefficient (Wildman–Crippen LogP) is 2.50. The molecule has 0 saturated carbocycles. The van der Waals surface area contributed by atoms with Gasteiger partial charge < -0.3 is 10.8 Å². The second-order valence-electron chi connectivity index (χ2n) is 4.30. The van der Waals surface area contributed by atoms with Crippen molar-refractivity contribution < 1.29 is 9.50 Å². The average Bonchev–Trinajstić information content (AvgIpc) is 2.21. The molecule has 4 heteroatoms. The van der Waals surface area contributed by atoms with Crippen molar-refractivity contribution in [2.45, 2.75) is 19.9 Å². The second kappa shape index (κ2) is 4.47. The summed E-state index contributed by atoms with van der Waals surface area (Å²) in [6.45, 7) is 3.59. The van der Waals surface area contributed by atoms with Crippen molar-refractivity contribution in [3.05, 3.63) is 34.6 Å². The van der Waals surface area contributed by atoms with Gasteiger partial charge in [0.25, 0.3) is 0 Å². The standard InChI is InChI=1S/C11H15ClFNO/c1-11(2,6-15)10(14)7-3-4-8(12)9(13)5-7/h3-5,10,15H,6,14H2,1-2H3/t10-/m0/s1. The minimum Gasteiger partial charge on any atom is -0.396 e. The van der Waals surface area contributed by atoms with Gasteiger partial charge in [-0.2, -0.15) is 0 Å². The van der Waals surface area contributed by atoms with Crippen LogP contribution in [0, 0.1) is 11.2 Å². The van der Waals surface area contributed by atoms with Crippen LogP contribution in [0.3, 0.4) is 0 Å². The van der Waals surface area contributed by atoms with Crippen molar-refractivity contribution in [1.82, 2.24) is 0 Å². The van der Waals surface area contributed by atoms with Gasteiger partial charge in [-0.05, 0) is 17.7 Å². The van der Waals surface area contributed by atoms with Crippen LogP contribution in [0.1, 0.15) is 25.5 Å². The summed E-state index contributed by atoms with van der Waals surface area (Å²) in [4.78, 5) is 0.